The van der Waals surface area contributed by atoms with Crippen LogP contribution in [-0.4, -0.2) is 30.9 Å². The second kappa shape index (κ2) is 6.91. The van der Waals surface area contributed by atoms with Gasteiger partial charge < -0.3 is 4.74 Å². The normalized spacial score (nSPS) is 9.76. The molecular formula is C12H14ClNO3. The topological polar surface area (TPSA) is 46.6 Å². The first kappa shape index (κ1) is 13.5. The second-order valence-corrected chi connectivity index (χ2v) is 3.56. The Morgan fingerprint density at radius 3 is 2.47 bits per heavy atom. The average molecular weight is 256 g/mol. The first-order valence-electron chi connectivity index (χ1n) is 5.26. The lowest BCUT2D eigenvalue weighted by atomic mass is 10.3. The van der Waals surface area contributed by atoms with Crippen LogP contribution in [0.2, 0.25) is 0 Å². The minimum Gasteiger partial charge on any atom is -0.449 e. The molecule has 0 aliphatic rings. The molecule has 4 nitrogen and oxygen atoms in total. The van der Waals surface area contributed by atoms with Crippen LogP contribution in [0.3, 0.4) is 0 Å². The van der Waals surface area contributed by atoms with Crippen molar-refractivity contribution in [1.82, 2.24) is 0 Å². The Morgan fingerprint density at radius 1 is 1.29 bits per heavy atom. The predicted octanol–water partition coefficient (Wildman–Crippen LogP) is 2.46. The molecule has 0 atom stereocenters. The molecule has 0 fully saturated rings. The lowest BCUT2D eigenvalue weighted by Crippen LogP contribution is -2.36. The third kappa shape index (κ3) is 4.07. The molecule has 0 aliphatic heterocycles. The molecule has 0 N–H and O–H groups in total. The number of amides is 1. The summed E-state index contributed by atoms with van der Waals surface area (Å²) in [4.78, 5) is 24.3. The molecule has 0 radical (unpaired) electrons. The Hall–Kier alpha value is -1.55. The van der Waals surface area contributed by atoms with E-state index in [4.69, 9.17) is 16.3 Å². The van der Waals surface area contributed by atoms with E-state index in [2.05, 4.69) is 0 Å². The van der Waals surface area contributed by atoms with Gasteiger partial charge in [0, 0.05) is 5.69 Å². The van der Waals surface area contributed by atoms with Crippen LogP contribution in [0.25, 0.3) is 0 Å². The fourth-order valence-corrected chi connectivity index (χ4v) is 1.37. The number of halogens is 1. The van der Waals surface area contributed by atoms with E-state index < -0.39 is 6.09 Å². The first-order chi connectivity index (χ1) is 8.19. The van der Waals surface area contributed by atoms with Crippen molar-refractivity contribution in [3.8, 4) is 0 Å². The van der Waals surface area contributed by atoms with E-state index in [9.17, 15) is 9.59 Å². The predicted molar refractivity (Wildman–Crippen MR) is 66.5 cm³/mol. The van der Waals surface area contributed by atoms with E-state index in [1.165, 1.54) is 4.90 Å². The number of alkyl halides is 1. The summed E-state index contributed by atoms with van der Waals surface area (Å²) in [5.74, 6) is -0.355. The monoisotopic (exact) mass is 255 g/mol. The second-order valence-electron chi connectivity index (χ2n) is 3.29. The number of nitrogens with zero attached hydrogens (tertiary/aromatic N) is 1. The van der Waals surface area contributed by atoms with Gasteiger partial charge in [0.2, 0.25) is 0 Å². The summed E-state index contributed by atoms with van der Waals surface area (Å²) in [7, 11) is 0. The number of hydrogen-bond acceptors (Lipinski definition) is 3. The molecule has 17 heavy (non-hydrogen) atoms. The maximum absolute atomic E-state index is 11.7. The largest absolute Gasteiger partial charge is 0.449 e. The van der Waals surface area contributed by atoms with Crippen LogP contribution in [0, 0.1) is 0 Å². The van der Waals surface area contributed by atoms with Crippen molar-refractivity contribution in [3.05, 3.63) is 30.3 Å². The zero-order chi connectivity index (χ0) is 12.7. The van der Waals surface area contributed by atoms with Crippen LogP contribution in [0.4, 0.5) is 10.5 Å². The zero-order valence-electron chi connectivity index (χ0n) is 9.56. The van der Waals surface area contributed by atoms with Crippen LogP contribution < -0.4 is 4.90 Å². The molecule has 0 aliphatic carbocycles. The highest BCUT2D eigenvalue weighted by molar-refractivity contribution is 6.28. The molecule has 0 saturated heterocycles. The van der Waals surface area contributed by atoms with E-state index in [1.807, 2.05) is 6.07 Å². The fraction of sp³-hybridized carbons (Fsp3) is 0.333. The quantitative estimate of drug-likeness (QED) is 0.760. The number of ether oxygens (including phenoxy) is 1. The van der Waals surface area contributed by atoms with Crippen molar-refractivity contribution in [2.45, 2.75) is 6.92 Å². The molecule has 1 aromatic carbocycles. The van der Waals surface area contributed by atoms with Crippen LogP contribution in [0.1, 0.15) is 6.92 Å². The Morgan fingerprint density at radius 2 is 1.94 bits per heavy atom. The smallest absolute Gasteiger partial charge is 0.414 e. The molecule has 1 amide bonds. The third-order valence-electron chi connectivity index (χ3n) is 2.04. The lowest BCUT2D eigenvalue weighted by Gasteiger charge is -2.20. The third-order valence-corrected chi connectivity index (χ3v) is 2.34. The van der Waals surface area contributed by atoms with Crippen LogP contribution in [0.15, 0.2) is 30.3 Å². The van der Waals surface area contributed by atoms with Crippen molar-refractivity contribution in [3.63, 3.8) is 0 Å². The van der Waals surface area contributed by atoms with Gasteiger partial charge in [-0.1, -0.05) is 18.2 Å². The number of anilines is 1. The van der Waals surface area contributed by atoms with Gasteiger partial charge in [0.15, 0.2) is 5.78 Å². The summed E-state index contributed by atoms with van der Waals surface area (Å²) in [5.41, 5.74) is 0.615. The number of rotatable bonds is 5. The van der Waals surface area contributed by atoms with E-state index in [1.54, 1.807) is 31.2 Å². The average Bonchev–Trinajstić information content (AvgIpc) is 2.36. The highest BCUT2D eigenvalue weighted by Crippen LogP contribution is 2.14. The van der Waals surface area contributed by atoms with Crippen molar-refractivity contribution >= 4 is 29.2 Å². The molecule has 0 spiro atoms. The van der Waals surface area contributed by atoms with Crippen LogP contribution in [-0.2, 0) is 9.53 Å². The van der Waals surface area contributed by atoms with E-state index in [0.29, 0.717) is 5.69 Å². The summed E-state index contributed by atoms with van der Waals surface area (Å²) in [5, 5.41) is 0. The summed E-state index contributed by atoms with van der Waals surface area (Å²) in [6.45, 7) is 1.90. The minimum absolute atomic E-state index is 0.0770. The summed E-state index contributed by atoms with van der Waals surface area (Å²) >= 11 is 5.44. The molecule has 0 unspecified atom stereocenters. The van der Waals surface area contributed by atoms with Crippen LogP contribution in [0.5, 0.6) is 0 Å². The number of ketones is 1. The number of carbonyl (C=O) groups is 2. The van der Waals surface area contributed by atoms with Crippen LogP contribution >= 0.6 is 11.6 Å². The van der Waals surface area contributed by atoms with Crippen molar-refractivity contribution in [2.75, 3.05) is 23.9 Å². The molecule has 1 rings (SSSR count). The molecule has 0 saturated carbocycles. The van der Waals surface area contributed by atoms with Crippen molar-refractivity contribution in [2.24, 2.45) is 0 Å². The summed E-state index contributed by atoms with van der Waals surface area (Å²) in [6.07, 6.45) is -0.544. The highest BCUT2D eigenvalue weighted by Gasteiger charge is 2.19. The zero-order valence-corrected chi connectivity index (χ0v) is 10.3. The molecule has 0 heterocycles. The van der Waals surface area contributed by atoms with Crippen molar-refractivity contribution in [1.29, 1.82) is 0 Å². The van der Waals surface area contributed by atoms with E-state index in [0.717, 1.165) is 0 Å². The Kier molecular flexibility index (Phi) is 5.49. The minimum atomic E-state index is -0.544. The Balaban J connectivity index is 2.86. The standard InChI is InChI=1S/C12H14ClNO3/c1-2-17-12(16)14(9-11(15)8-13)10-6-4-3-5-7-10/h3-7H,2,8-9H2,1H3. The van der Waals surface area contributed by atoms with Gasteiger partial charge in [0.1, 0.15) is 0 Å². The summed E-state index contributed by atoms with van der Waals surface area (Å²) < 4.78 is 4.90. The number of Topliss-reactive ketones (excluding diaryl/α,β-unsaturated/α-hetero) is 1. The maximum Gasteiger partial charge on any atom is 0.414 e. The molecule has 92 valence electrons. The molecule has 1 aromatic rings. The Bertz CT molecular complexity index is 381. The SMILES string of the molecule is CCOC(=O)N(CC(=O)CCl)c1ccccc1. The van der Waals surface area contributed by atoms with Gasteiger partial charge in [0.05, 0.1) is 19.0 Å². The number of para-hydroxylation sites is 1. The number of carbonyl (C=O) groups excluding carboxylic acids is 2. The number of benzene rings is 1. The highest BCUT2D eigenvalue weighted by atomic mass is 35.5. The summed E-state index contributed by atoms with van der Waals surface area (Å²) in [6, 6.07) is 8.87. The van der Waals surface area contributed by atoms with Gasteiger partial charge >= 0.3 is 6.09 Å². The van der Waals surface area contributed by atoms with Gasteiger partial charge in [0.25, 0.3) is 0 Å². The number of hydrogen-bond donors (Lipinski definition) is 0. The van der Waals surface area contributed by atoms with Gasteiger partial charge in [-0.25, -0.2) is 4.79 Å². The lowest BCUT2D eigenvalue weighted by molar-refractivity contribution is -0.115. The molecule has 0 aromatic heterocycles. The molecule has 5 heteroatoms. The van der Waals surface area contributed by atoms with Gasteiger partial charge in [-0.3, -0.25) is 9.69 Å². The van der Waals surface area contributed by atoms with E-state index >= 15 is 0 Å². The fourth-order valence-electron chi connectivity index (χ4n) is 1.29. The first-order valence-corrected chi connectivity index (χ1v) is 5.79. The van der Waals surface area contributed by atoms with Gasteiger partial charge in [-0.05, 0) is 19.1 Å². The molecular weight excluding hydrogens is 242 g/mol. The Labute approximate surface area is 105 Å². The van der Waals surface area contributed by atoms with Crippen molar-refractivity contribution < 1.29 is 14.3 Å². The van der Waals surface area contributed by atoms with E-state index in [-0.39, 0.29) is 24.8 Å². The van der Waals surface area contributed by atoms with Gasteiger partial charge in [-0.15, -0.1) is 11.6 Å². The van der Waals surface area contributed by atoms with Gasteiger partial charge in [-0.2, -0.15) is 0 Å². The molecule has 0 bridgehead atoms. The maximum atomic E-state index is 11.7.